The molecule has 0 aromatic heterocycles. The summed E-state index contributed by atoms with van der Waals surface area (Å²) in [7, 11) is 0. The topological polar surface area (TPSA) is 32.3 Å². The van der Waals surface area contributed by atoms with E-state index in [1.807, 2.05) is 6.92 Å². The van der Waals surface area contributed by atoms with Gasteiger partial charge in [0.25, 0.3) is 0 Å². The molecule has 1 N–H and O–H groups in total. The lowest BCUT2D eigenvalue weighted by molar-refractivity contribution is -0.128. The molecule has 20 heavy (non-hydrogen) atoms. The molecule has 0 spiro atoms. The van der Waals surface area contributed by atoms with Gasteiger partial charge in [0, 0.05) is 31.2 Å². The minimum Gasteiger partial charge on any atom is -0.332 e. The van der Waals surface area contributed by atoms with Crippen LogP contribution in [-0.2, 0) is 11.3 Å². The van der Waals surface area contributed by atoms with Crippen LogP contribution in [0.1, 0.15) is 30.9 Å². The predicted octanol–water partition coefficient (Wildman–Crippen LogP) is 2.41. The molecule has 1 heterocycles. The fourth-order valence-corrected chi connectivity index (χ4v) is 2.64. The second-order valence-corrected chi connectivity index (χ2v) is 5.99. The Morgan fingerprint density at radius 2 is 2.10 bits per heavy atom. The molecular weight excluding hydrogens is 248 g/mol. The van der Waals surface area contributed by atoms with Crippen molar-refractivity contribution in [2.75, 3.05) is 13.1 Å². The Labute approximate surface area is 120 Å². The van der Waals surface area contributed by atoms with Gasteiger partial charge >= 0.3 is 0 Å². The second-order valence-electron chi connectivity index (χ2n) is 5.99. The second kappa shape index (κ2) is 5.41. The van der Waals surface area contributed by atoms with Crippen LogP contribution in [0.15, 0.2) is 35.4 Å². The quantitative estimate of drug-likeness (QED) is 0.852. The summed E-state index contributed by atoms with van der Waals surface area (Å²) in [5.74, 6) is 0.227. The van der Waals surface area contributed by atoms with Crippen LogP contribution < -0.4 is 5.32 Å². The van der Waals surface area contributed by atoms with Crippen molar-refractivity contribution in [3.05, 3.63) is 46.5 Å². The van der Waals surface area contributed by atoms with Crippen LogP contribution in [0.2, 0.25) is 0 Å². The number of nitrogens with one attached hydrogen (secondary N) is 1. The molecule has 1 amide bonds. The Morgan fingerprint density at radius 1 is 1.35 bits per heavy atom. The molecule has 2 fully saturated rings. The first-order valence-electron chi connectivity index (χ1n) is 7.41. The maximum atomic E-state index is 12.7. The summed E-state index contributed by atoms with van der Waals surface area (Å²) in [5.41, 5.74) is 4.70. The van der Waals surface area contributed by atoms with Crippen LogP contribution in [-0.4, -0.2) is 29.9 Å². The summed E-state index contributed by atoms with van der Waals surface area (Å²) in [5, 5.41) is 3.21. The van der Waals surface area contributed by atoms with Crippen LogP contribution >= 0.6 is 0 Å². The first-order chi connectivity index (χ1) is 9.65. The van der Waals surface area contributed by atoms with Gasteiger partial charge in [0.2, 0.25) is 5.91 Å². The van der Waals surface area contributed by atoms with E-state index in [2.05, 4.69) is 41.4 Å². The lowest BCUT2D eigenvalue weighted by atomic mass is 10.0. The van der Waals surface area contributed by atoms with Crippen LogP contribution in [0.25, 0.3) is 0 Å². The molecular formula is C17H22N2O. The van der Waals surface area contributed by atoms with E-state index in [-0.39, 0.29) is 5.91 Å². The number of nitrogens with zero attached hydrogens (tertiary/aromatic N) is 1. The third kappa shape index (κ3) is 2.78. The fraction of sp³-hybridized carbons (Fsp3) is 0.471. The maximum Gasteiger partial charge on any atom is 0.250 e. The molecule has 3 rings (SSSR count). The van der Waals surface area contributed by atoms with E-state index in [1.54, 1.807) is 0 Å². The molecule has 1 aliphatic heterocycles. The Kier molecular flexibility index (Phi) is 3.62. The predicted molar refractivity (Wildman–Crippen MR) is 80.3 cm³/mol. The number of rotatable bonds is 4. The lowest BCUT2D eigenvalue weighted by Gasteiger charge is -2.27. The maximum absolute atomic E-state index is 12.7. The van der Waals surface area contributed by atoms with Crippen LogP contribution in [0.4, 0.5) is 0 Å². The highest BCUT2D eigenvalue weighted by atomic mass is 16.2. The van der Waals surface area contributed by atoms with E-state index in [1.165, 1.54) is 16.7 Å². The van der Waals surface area contributed by atoms with Crippen molar-refractivity contribution in [3.8, 4) is 0 Å². The van der Waals surface area contributed by atoms with E-state index in [9.17, 15) is 4.79 Å². The standard InChI is InChI=1S/C17H22N2O/c1-12-4-3-5-14(8-12)11-19(16-6-7-16)17(20)13(2)15-9-18-10-15/h3-5,8,16,18H,6-7,9-11H2,1-2H3. The molecule has 1 saturated heterocycles. The smallest absolute Gasteiger partial charge is 0.250 e. The van der Waals surface area contributed by atoms with Gasteiger partial charge < -0.3 is 10.2 Å². The Bertz CT molecular complexity index is 552. The van der Waals surface area contributed by atoms with Crippen molar-refractivity contribution in [1.82, 2.24) is 10.2 Å². The fourth-order valence-electron chi connectivity index (χ4n) is 2.64. The molecule has 0 unspecified atom stereocenters. The van der Waals surface area contributed by atoms with Gasteiger partial charge in [-0.3, -0.25) is 4.79 Å². The summed E-state index contributed by atoms with van der Waals surface area (Å²) in [4.78, 5) is 14.8. The zero-order valence-corrected chi connectivity index (χ0v) is 12.3. The Morgan fingerprint density at radius 3 is 2.65 bits per heavy atom. The number of carbonyl (C=O) groups is 1. The van der Waals surface area contributed by atoms with Gasteiger partial charge in [-0.25, -0.2) is 0 Å². The molecule has 1 saturated carbocycles. The van der Waals surface area contributed by atoms with Crippen molar-refractivity contribution in [1.29, 1.82) is 0 Å². The summed E-state index contributed by atoms with van der Waals surface area (Å²) in [6.45, 7) is 6.56. The van der Waals surface area contributed by atoms with Gasteiger partial charge in [-0.05, 0) is 37.8 Å². The zero-order chi connectivity index (χ0) is 14.1. The molecule has 1 aromatic carbocycles. The van der Waals surface area contributed by atoms with Crippen LogP contribution in [0.3, 0.4) is 0 Å². The van der Waals surface area contributed by atoms with Crippen LogP contribution in [0.5, 0.6) is 0 Å². The molecule has 1 aliphatic carbocycles. The molecule has 106 valence electrons. The van der Waals surface area contributed by atoms with Crippen molar-refractivity contribution in [2.45, 2.75) is 39.3 Å². The molecule has 2 aliphatic rings. The van der Waals surface area contributed by atoms with Crippen LogP contribution in [0, 0.1) is 6.92 Å². The SMILES string of the molecule is CC(C(=O)N(Cc1cccc(C)c1)C1CC1)=C1CNC1. The summed E-state index contributed by atoms with van der Waals surface area (Å²) in [6.07, 6.45) is 2.30. The highest BCUT2D eigenvalue weighted by Gasteiger charge is 2.34. The Hall–Kier alpha value is -1.61. The number of aryl methyl sites for hydroxylation is 1. The van der Waals surface area contributed by atoms with Crippen molar-refractivity contribution >= 4 is 5.91 Å². The molecule has 0 atom stereocenters. The summed E-state index contributed by atoms with van der Waals surface area (Å²) < 4.78 is 0. The van der Waals surface area contributed by atoms with Crippen molar-refractivity contribution < 1.29 is 4.79 Å². The van der Waals surface area contributed by atoms with Crippen molar-refractivity contribution in [3.63, 3.8) is 0 Å². The normalized spacial score (nSPS) is 17.6. The molecule has 3 heteroatoms. The van der Waals surface area contributed by atoms with Gasteiger partial charge in [0.1, 0.15) is 0 Å². The number of benzene rings is 1. The third-order valence-electron chi connectivity index (χ3n) is 4.21. The third-order valence-corrected chi connectivity index (χ3v) is 4.21. The number of hydrogen-bond acceptors (Lipinski definition) is 2. The average Bonchev–Trinajstić information content (AvgIpc) is 3.17. The summed E-state index contributed by atoms with van der Waals surface area (Å²) in [6, 6.07) is 8.91. The van der Waals surface area contributed by atoms with Crippen molar-refractivity contribution in [2.24, 2.45) is 0 Å². The minimum absolute atomic E-state index is 0.227. The zero-order valence-electron chi connectivity index (χ0n) is 12.3. The van der Waals surface area contributed by atoms with E-state index in [0.29, 0.717) is 6.04 Å². The molecule has 1 aromatic rings. The van der Waals surface area contributed by atoms with Gasteiger partial charge in [-0.1, -0.05) is 29.8 Å². The van der Waals surface area contributed by atoms with Gasteiger partial charge in [-0.2, -0.15) is 0 Å². The van der Waals surface area contributed by atoms with Gasteiger partial charge in [0.15, 0.2) is 0 Å². The molecule has 3 nitrogen and oxygen atoms in total. The minimum atomic E-state index is 0.227. The molecule has 0 bridgehead atoms. The number of amides is 1. The Balaban J connectivity index is 1.77. The van der Waals surface area contributed by atoms with Gasteiger partial charge in [0.05, 0.1) is 0 Å². The number of carbonyl (C=O) groups excluding carboxylic acids is 1. The van der Waals surface area contributed by atoms with E-state index < -0.39 is 0 Å². The highest BCUT2D eigenvalue weighted by molar-refractivity contribution is 5.94. The van der Waals surface area contributed by atoms with E-state index >= 15 is 0 Å². The number of hydrogen-bond donors (Lipinski definition) is 1. The largest absolute Gasteiger partial charge is 0.332 e. The monoisotopic (exact) mass is 270 g/mol. The van der Waals surface area contributed by atoms with Gasteiger partial charge in [-0.15, -0.1) is 0 Å². The first-order valence-corrected chi connectivity index (χ1v) is 7.41. The lowest BCUT2D eigenvalue weighted by Crippen LogP contribution is -2.39. The van der Waals surface area contributed by atoms with E-state index in [4.69, 9.17) is 0 Å². The summed E-state index contributed by atoms with van der Waals surface area (Å²) >= 11 is 0. The highest BCUT2D eigenvalue weighted by Crippen LogP contribution is 2.30. The first kappa shape index (κ1) is 13.4. The van der Waals surface area contributed by atoms with E-state index in [0.717, 1.165) is 38.0 Å². The average molecular weight is 270 g/mol. The molecule has 0 radical (unpaired) electrons.